The van der Waals surface area contributed by atoms with E-state index in [1.807, 2.05) is 43.3 Å². The van der Waals surface area contributed by atoms with E-state index in [0.717, 1.165) is 31.4 Å². The molecule has 0 heterocycles. The van der Waals surface area contributed by atoms with E-state index in [-0.39, 0.29) is 0 Å². The van der Waals surface area contributed by atoms with Crippen LogP contribution in [0.1, 0.15) is 22.8 Å². The number of hydrogen-bond donors (Lipinski definition) is 1. The van der Waals surface area contributed by atoms with E-state index in [4.69, 9.17) is 4.74 Å². The quantitative estimate of drug-likeness (QED) is 0.835. The molecule has 1 unspecified atom stereocenters. The van der Waals surface area contributed by atoms with Gasteiger partial charge in [-0.25, -0.2) is 0 Å². The number of aliphatic hydroxyl groups excluding tert-OH is 1. The van der Waals surface area contributed by atoms with E-state index in [1.165, 1.54) is 0 Å². The molecule has 2 nitrogen and oxygen atoms in total. The predicted octanol–water partition coefficient (Wildman–Crippen LogP) is 4.61. The molecule has 0 aliphatic heterocycles. The van der Waals surface area contributed by atoms with Gasteiger partial charge < -0.3 is 9.84 Å². The molecule has 2 rings (SSSR count). The van der Waals surface area contributed by atoms with E-state index < -0.39 is 6.10 Å². The average molecular weight is 386 g/mol. The zero-order chi connectivity index (χ0) is 14.0. The van der Waals surface area contributed by atoms with Crippen molar-refractivity contribution >= 4 is 31.9 Å². The van der Waals surface area contributed by atoms with Gasteiger partial charge in [-0.3, -0.25) is 0 Å². The Kier molecular flexibility index (Phi) is 4.66. The van der Waals surface area contributed by atoms with Gasteiger partial charge in [0.25, 0.3) is 0 Å². The van der Waals surface area contributed by atoms with Crippen LogP contribution in [-0.2, 0) is 0 Å². The second-order valence-electron chi connectivity index (χ2n) is 4.25. The summed E-state index contributed by atoms with van der Waals surface area (Å²) in [6.45, 7) is 1.99. The Morgan fingerprint density at radius 3 is 2.47 bits per heavy atom. The molecule has 0 radical (unpaired) electrons. The van der Waals surface area contributed by atoms with Crippen LogP contribution in [0.15, 0.2) is 45.3 Å². The molecular weight excluding hydrogens is 372 g/mol. The molecule has 0 aliphatic carbocycles. The second-order valence-corrected chi connectivity index (χ2v) is 5.96. The van der Waals surface area contributed by atoms with Crippen LogP contribution in [0.2, 0.25) is 0 Å². The van der Waals surface area contributed by atoms with Crippen molar-refractivity contribution in [1.29, 1.82) is 0 Å². The maximum absolute atomic E-state index is 10.5. The molecule has 100 valence electrons. The number of ether oxygens (including phenoxy) is 1. The van der Waals surface area contributed by atoms with Crippen LogP contribution in [0.3, 0.4) is 0 Å². The highest BCUT2D eigenvalue weighted by Gasteiger charge is 2.15. The minimum Gasteiger partial charge on any atom is -0.496 e. The number of benzene rings is 2. The van der Waals surface area contributed by atoms with Gasteiger partial charge in [0.05, 0.1) is 11.6 Å². The molecule has 0 saturated carbocycles. The topological polar surface area (TPSA) is 29.5 Å². The summed E-state index contributed by atoms with van der Waals surface area (Å²) in [7, 11) is 1.62. The van der Waals surface area contributed by atoms with Gasteiger partial charge in [-0.2, -0.15) is 0 Å². The lowest BCUT2D eigenvalue weighted by atomic mass is 9.97. The SMILES string of the molecule is COc1ccc(C(O)c2cccc(Br)c2C)cc1Br. The average Bonchev–Trinajstić information content (AvgIpc) is 2.41. The maximum Gasteiger partial charge on any atom is 0.133 e. The first-order valence-corrected chi connectivity index (χ1v) is 7.39. The Hall–Kier alpha value is -0.840. The molecule has 19 heavy (non-hydrogen) atoms. The normalized spacial score (nSPS) is 12.3. The summed E-state index contributed by atoms with van der Waals surface area (Å²) in [5.41, 5.74) is 2.77. The fourth-order valence-corrected chi connectivity index (χ4v) is 2.89. The lowest BCUT2D eigenvalue weighted by molar-refractivity contribution is 0.219. The highest BCUT2D eigenvalue weighted by atomic mass is 79.9. The summed E-state index contributed by atoms with van der Waals surface area (Å²) >= 11 is 6.92. The lowest BCUT2D eigenvalue weighted by Gasteiger charge is -2.16. The van der Waals surface area contributed by atoms with Gasteiger partial charge in [0.2, 0.25) is 0 Å². The maximum atomic E-state index is 10.5. The molecule has 0 aromatic heterocycles. The fourth-order valence-electron chi connectivity index (χ4n) is 1.95. The molecule has 2 aromatic carbocycles. The van der Waals surface area contributed by atoms with Crippen molar-refractivity contribution < 1.29 is 9.84 Å². The molecule has 4 heteroatoms. The summed E-state index contributed by atoms with van der Waals surface area (Å²) < 4.78 is 7.02. The van der Waals surface area contributed by atoms with Gasteiger partial charge in [0.15, 0.2) is 0 Å². The predicted molar refractivity (Wildman–Crippen MR) is 83.6 cm³/mol. The Morgan fingerprint density at radius 1 is 1.11 bits per heavy atom. The summed E-state index contributed by atoms with van der Waals surface area (Å²) in [6.07, 6.45) is -0.653. The smallest absolute Gasteiger partial charge is 0.133 e. The molecular formula is C15H14Br2O2. The molecule has 0 amide bonds. The third-order valence-corrected chi connectivity index (χ3v) is 4.57. The summed E-state index contributed by atoms with van der Waals surface area (Å²) in [4.78, 5) is 0. The van der Waals surface area contributed by atoms with E-state index in [1.54, 1.807) is 7.11 Å². The van der Waals surface area contributed by atoms with E-state index in [9.17, 15) is 5.11 Å². The van der Waals surface area contributed by atoms with Crippen LogP contribution in [0.25, 0.3) is 0 Å². The molecule has 0 spiro atoms. The van der Waals surface area contributed by atoms with Gasteiger partial charge in [-0.15, -0.1) is 0 Å². The number of methoxy groups -OCH3 is 1. The number of aliphatic hydroxyl groups is 1. The molecule has 1 N–H and O–H groups in total. The fraction of sp³-hybridized carbons (Fsp3) is 0.200. The lowest BCUT2D eigenvalue weighted by Crippen LogP contribution is -2.02. The minimum atomic E-state index is -0.653. The molecule has 0 fully saturated rings. The van der Waals surface area contributed by atoms with Gasteiger partial charge >= 0.3 is 0 Å². The zero-order valence-electron chi connectivity index (χ0n) is 10.7. The van der Waals surface area contributed by atoms with Crippen LogP contribution >= 0.6 is 31.9 Å². The van der Waals surface area contributed by atoms with E-state index in [2.05, 4.69) is 31.9 Å². The van der Waals surface area contributed by atoms with Crippen LogP contribution < -0.4 is 4.74 Å². The highest BCUT2D eigenvalue weighted by Crippen LogP contribution is 2.33. The standard InChI is InChI=1S/C15H14Br2O2/c1-9-11(4-3-5-12(9)16)15(18)10-6-7-14(19-2)13(17)8-10/h3-8,15,18H,1-2H3. The third-order valence-electron chi connectivity index (χ3n) is 3.10. The molecule has 2 aromatic rings. The number of halogens is 2. The van der Waals surface area contributed by atoms with E-state index in [0.29, 0.717) is 0 Å². The van der Waals surface area contributed by atoms with Crippen molar-refractivity contribution in [2.75, 3.05) is 7.11 Å². The first-order valence-electron chi connectivity index (χ1n) is 5.81. The van der Waals surface area contributed by atoms with Crippen molar-refractivity contribution in [3.8, 4) is 5.75 Å². The third kappa shape index (κ3) is 3.02. The Morgan fingerprint density at radius 2 is 1.84 bits per heavy atom. The Balaban J connectivity index is 2.41. The number of rotatable bonds is 3. The first-order chi connectivity index (χ1) is 9.04. The van der Waals surface area contributed by atoms with Crippen molar-refractivity contribution in [3.63, 3.8) is 0 Å². The van der Waals surface area contributed by atoms with Gasteiger partial charge in [0.1, 0.15) is 11.9 Å². The highest BCUT2D eigenvalue weighted by molar-refractivity contribution is 9.10. The second kappa shape index (κ2) is 6.07. The minimum absolute atomic E-state index is 0.653. The molecule has 0 aliphatic rings. The van der Waals surface area contributed by atoms with Crippen LogP contribution in [0.4, 0.5) is 0 Å². The van der Waals surface area contributed by atoms with E-state index >= 15 is 0 Å². The van der Waals surface area contributed by atoms with Crippen molar-refractivity contribution in [3.05, 3.63) is 62.0 Å². The van der Waals surface area contributed by atoms with Crippen LogP contribution in [-0.4, -0.2) is 12.2 Å². The first kappa shape index (κ1) is 14.6. The van der Waals surface area contributed by atoms with Gasteiger partial charge in [-0.05, 0) is 57.7 Å². The summed E-state index contributed by atoms with van der Waals surface area (Å²) in [5, 5.41) is 10.5. The van der Waals surface area contributed by atoms with Crippen LogP contribution in [0.5, 0.6) is 5.75 Å². The zero-order valence-corrected chi connectivity index (χ0v) is 13.8. The van der Waals surface area contributed by atoms with Crippen molar-refractivity contribution in [2.24, 2.45) is 0 Å². The van der Waals surface area contributed by atoms with Crippen molar-refractivity contribution in [1.82, 2.24) is 0 Å². The van der Waals surface area contributed by atoms with Crippen LogP contribution in [0, 0.1) is 6.92 Å². The molecule has 0 bridgehead atoms. The number of hydrogen-bond acceptors (Lipinski definition) is 2. The summed E-state index contributed by atoms with van der Waals surface area (Å²) in [6, 6.07) is 11.4. The van der Waals surface area contributed by atoms with Crippen molar-refractivity contribution in [2.45, 2.75) is 13.0 Å². The monoisotopic (exact) mass is 384 g/mol. The Bertz CT molecular complexity index is 597. The molecule has 0 saturated heterocycles. The van der Waals surface area contributed by atoms with Gasteiger partial charge in [-0.1, -0.05) is 34.1 Å². The Labute approximate surface area is 129 Å². The van der Waals surface area contributed by atoms with Gasteiger partial charge in [0, 0.05) is 4.47 Å². The molecule has 1 atom stereocenters. The largest absolute Gasteiger partial charge is 0.496 e. The summed E-state index contributed by atoms with van der Waals surface area (Å²) in [5.74, 6) is 0.752.